The van der Waals surface area contributed by atoms with Crippen molar-refractivity contribution in [2.45, 2.75) is 52.3 Å². The number of carbonyl (C=O) groups excluding carboxylic acids is 1. The summed E-state index contributed by atoms with van der Waals surface area (Å²) < 4.78 is 1.87. The molecule has 7 nitrogen and oxygen atoms in total. The number of rotatable bonds is 7. The van der Waals surface area contributed by atoms with Crippen molar-refractivity contribution in [3.05, 3.63) is 12.3 Å². The maximum Gasteiger partial charge on any atom is 0.242 e. The highest BCUT2D eigenvalue weighted by atomic mass is 16.3. The summed E-state index contributed by atoms with van der Waals surface area (Å²) in [6, 6.07) is 1.92. The van der Waals surface area contributed by atoms with Crippen LogP contribution in [0.4, 0.5) is 5.82 Å². The molecule has 2 N–H and O–H groups in total. The molecule has 136 valence electrons. The first-order chi connectivity index (χ1) is 11.4. The Morgan fingerprint density at radius 2 is 1.96 bits per heavy atom. The molecule has 1 aromatic rings. The number of piperazine rings is 1. The van der Waals surface area contributed by atoms with E-state index in [1.165, 1.54) is 0 Å². The van der Waals surface area contributed by atoms with Crippen molar-refractivity contribution in [1.29, 1.82) is 0 Å². The van der Waals surface area contributed by atoms with E-state index in [1.807, 2.05) is 24.6 Å². The van der Waals surface area contributed by atoms with Crippen LogP contribution in [0, 0.1) is 0 Å². The number of hydrogen-bond acceptors (Lipinski definition) is 5. The molecule has 0 spiro atoms. The van der Waals surface area contributed by atoms with Gasteiger partial charge in [-0.05, 0) is 27.2 Å². The van der Waals surface area contributed by atoms with E-state index in [9.17, 15) is 9.90 Å². The second-order valence-corrected chi connectivity index (χ2v) is 6.77. The van der Waals surface area contributed by atoms with E-state index in [2.05, 4.69) is 34.1 Å². The fraction of sp³-hybridized carbons (Fsp3) is 0.765. The number of hydrogen-bond donors (Lipinski definition) is 2. The van der Waals surface area contributed by atoms with Crippen molar-refractivity contribution in [2.75, 3.05) is 38.0 Å². The summed E-state index contributed by atoms with van der Waals surface area (Å²) in [4.78, 5) is 17.0. The first-order valence-corrected chi connectivity index (χ1v) is 8.91. The minimum absolute atomic E-state index is 0.00373. The quantitative estimate of drug-likeness (QED) is 0.782. The molecule has 24 heavy (non-hydrogen) atoms. The molecular weight excluding hydrogens is 306 g/mol. The average molecular weight is 337 g/mol. The van der Waals surface area contributed by atoms with E-state index < -0.39 is 0 Å². The zero-order valence-corrected chi connectivity index (χ0v) is 15.3. The molecule has 1 aliphatic rings. The van der Waals surface area contributed by atoms with Crippen molar-refractivity contribution >= 4 is 11.7 Å². The van der Waals surface area contributed by atoms with E-state index in [0.29, 0.717) is 6.54 Å². The molecule has 1 amide bonds. The van der Waals surface area contributed by atoms with Gasteiger partial charge in [0.2, 0.25) is 5.91 Å². The van der Waals surface area contributed by atoms with E-state index in [1.54, 1.807) is 6.20 Å². The number of nitrogens with one attached hydrogen (secondary N) is 1. The predicted octanol–water partition coefficient (Wildman–Crippen LogP) is 1.18. The Morgan fingerprint density at radius 1 is 1.29 bits per heavy atom. The van der Waals surface area contributed by atoms with Gasteiger partial charge in [-0.15, -0.1) is 0 Å². The molecule has 0 aromatic carbocycles. The third-order valence-electron chi connectivity index (χ3n) is 4.79. The molecule has 2 rings (SSSR count). The predicted molar refractivity (Wildman–Crippen MR) is 95.0 cm³/mol. The second kappa shape index (κ2) is 8.60. The Morgan fingerprint density at radius 3 is 2.54 bits per heavy atom. The Balaban J connectivity index is 1.88. The summed E-state index contributed by atoms with van der Waals surface area (Å²) in [6.07, 6.45) is 2.38. The van der Waals surface area contributed by atoms with Crippen molar-refractivity contribution in [2.24, 2.45) is 0 Å². The molecule has 1 saturated heterocycles. The molecular formula is C17H31N5O2. The van der Waals surface area contributed by atoms with Crippen LogP contribution in [0.2, 0.25) is 0 Å². The molecule has 1 aromatic heterocycles. The highest BCUT2D eigenvalue weighted by molar-refractivity contribution is 5.93. The number of aliphatic hydroxyl groups excluding tert-OH is 1. The van der Waals surface area contributed by atoms with Crippen LogP contribution in [0.5, 0.6) is 0 Å². The third kappa shape index (κ3) is 4.78. The lowest BCUT2D eigenvalue weighted by atomic mass is 10.2. The minimum Gasteiger partial charge on any atom is -0.392 e. The van der Waals surface area contributed by atoms with E-state index in [0.717, 1.165) is 38.4 Å². The lowest BCUT2D eigenvalue weighted by Gasteiger charge is -2.37. The maximum absolute atomic E-state index is 12.6. The average Bonchev–Trinajstić information content (AvgIpc) is 3.01. The SMILES string of the molecule is CCC(C)n1nccc1NC(=O)C(C)N1CCN(CC(C)O)CC1. The van der Waals surface area contributed by atoms with Crippen LogP contribution in [0.15, 0.2) is 12.3 Å². The van der Waals surface area contributed by atoms with Crippen LogP contribution >= 0.6 is 0 Å². The molecule has 7 heteroatoms. The fourth-order valence-electron chi connectivity index (χ4n) is 3.04. The van der Waals surface area contributed by atoms with Crippen LogP contribution in [-0.2, 0) is 4.79 Å². The lowest BCUT2D eigenvalue weighted by Crippen LogP contribution is -2.53. The van der Waals surface area contributed by atoms with Crippen molar-refractivity contribution < 1.29 is 9.90 Å². The Bertz CT molecular complexity index is 523. The Kier molecular flexibility index (Phi) is 6.77. The monoisotopic (exact) mass is 337 g/mol. The molecule has 0 aliphatic carbocycles. The van der Waals surface area contributed by atoms with Gasteiger partial charge in [0.1, 0.15) is 5.82 Å². The van der Waals surface area contributed by atoms with Crippen molar-refractivity contribution in [1.82, 2.24) is 19.6 Å². The van der Waals surface area contributed by atoms with E-state index in [4.69, 9.17) is 0 Å². The Hall–Kier alpha value is -1.44. The van der Waals surface area contributed by atoms with E-state index >= 15 is 0 Å². The van der Waals surface area contributed by atoms with Crippen LogP contribution in [0.25, 0.3) is 0 Å². The van der Waals surface area contributed by atoms with Crippen LogP contribution in [0.1, 0.15) is 40.2 Å². The summed E-state index contributed by atoms with van der Waals surface area (Å²) in [5.41, 5.74) is 0. The number of aromatic nitrogens is 2. The van der Waals surface area contributed by atoms with Gasteiger partial charge in [-0.3, -0.25) is 14.6 Å². The molecule has 1 aliphatic heterocycles. The first kappa shape index (κ1) is 18.9. The zero-order chi connectivity index (χ0) is 17.7. The summed E-state index contributed by atoms with van der Waals surface area (Å²) >= 11 is 0. The van der Waals surface area contributed by atoms with Gasteiger partial charge in [-0.25, -0.2) is 4.68 Å². The summed E-state index contributed by atoms with van der Waals surface area (Å²) in [7, 11) is 0. The fourth-order valence-corrected chi connectivity index (χ4v) is 3.04. The molecule has 1 fully saturated rings. The van der Waals surface area contributed by atoms with Gasteiger partial charge in [0.05, 0.1) is 24.4 Å². The van der Waals surface area contributed by atoms with Gasteiger partial charge in [0.15, 0.2) is 0 Å². The highest BCUT2D eigenvalue weighted by Gasteiger charge is 2.26. The van der Waals surface area contributed by atoms with Gasteiger partial charge in [0.25, 0.3) is 0 Å². The third-order valence-corrected chi connectivity index (χ3v) is 4.79. The second-order valence-electron chi connectivity index (χ2n) is 6.77. The number of amides is 1. The summed E-state index contributed by atoms with van der Waals surface area (Å²) in [5.74, 6) is 0.762. The van der Waals surface area contributed by atoms with Crippen molar-refractivity contribution in [3.8, 4) is 0 Å². The maximum atomic E-state index is 12.6. The van der Waals surface area contributed by atoms with Crippen LogP contribution in [0.3, 0.4) is 0 Å². The molecule has 3 atom stereocenters. The molecule has 3 unspecified atom stereocenters. The smallest absolute Gasteiger partial charge is 0.242 e. The number of aliphatic hydroxyl groups is 1. The lowest BCUT2D eigenvalue weighted by molar-refractivity contribution is -0.121. The standard InChI is InChI=1S/C17H31N5O2/c1-5-13(2)22-16(6-7-18-22)19-17(24)15(4)21-10-8-20(9-11-21)12-14(3)23/h6-7,13-15,23H,5,8-12H2,1-4H3,(H,19,24). The van der Waals surface area contributed by atoms with Gasteiger partial charge >= 0.3 is 0 Å². The van der Waals surface area contributed by atoms with Crippen LogP contribution in [-0.4, -0.2) is 75.5 Å². The molecule has 0 saturated carbocycles. The van der Waals surface area contributed by atoms with E-state index in [-0.39, 0.29) is 24.1 Å². The zero-order valence-electron chi connectivity index (χ0n) is 15.3. The van der Waals surface area contributed by atoms with Gasteiger partial charge in [-0.2, -0.15) is 5.10 Å². The van der Waals surface area contributed by atoms with Crippen molar-refractivity contribution in [3.63, 3.8) is 0 Å². The summed E-state index contributed by atoms with van der Waals surface area (Å²) in [6.45, 7) is 12.1. The number of carbonyl (C=O) groups is 1. The van der Waals surface area contributed by atoms with Gasteiger partial charge in [0, 0.05) is 38.8 Å². The van der Waals surface area contributed by atoms with Gasteiger partial charge < -0.3 is 10.4 Å². The summed E-state index contributed by atoms with van der Waals surface area (Å²) in [5, 5.41) is 16.8. The minimum atomic E-state index is -0.307. The normalized spacial score (nSPS) is 20.5. The van der Waals surface area contributed by atoms with Crippen LogP contribution < -0.4 is 5.32 Å². The number of anilines is 1. The molecule has 0 bridgehead atoms. The number of nitrogens with zero attached hydrogens (tertiary/aromatic N) is 4. The Labute approximate surface area is 144 Å². The molecule has 0 radical (unpaired) electrons. The van der Waals surface area contributed by atoms with Gasteiger partial charge in [-0.1, -0.05) is 6.92 Å². The largest absolute Gasteiger partial charge is 0.392 e. The topological polar surface area (TPSA) is 73.6 Å². The molecule has 2 heterocycles. The number of β-amino-alcohol motifs (C(OH)–C–C–N with tert-alkyl or cyclic N) is 1. The first-order valence-electron chi connectivity index (χ1n) is 8.91. The highest BCUT2D eigenvalue weighted by Crippen LogP contribution is 2.17.